The van der Waals surface area contributed by atoms with Crippen molar-refractivity contribution >= 4 is 34.9 Å². The number of carbonyl (C=O) groups excluding carboxylic acids is 3. The third-order valence-corrected chi connectivity index (χ3v) is 6.21. The molecule has 0 fully saturated rings. The fourth-order valence-corrected chi connectivity index (χ4v) is 4.44. The van der Waals surface area contributed by atoms with Gasteiger partial charge in [0.15, 0.2) is 16.7 Å². The number of rotatable bonds is 5. The Bertz CT molecular complexity index is 1510. The Hall–Kier alpha value is -4.30. The first kappa shape index (κ1) is 21.5. The molecule has 1 heterocycles. The van der Waals surface area contributed by atoms with Gasteiger partial charge >= 0.3 is 0 Å². The van der Waals surface area contributed by atoms with Crippen LogP contribution in [0, 0.1) is 0 Å². The summed E-state index contributed by atoms with van der Waals surface area (Å²) in [6.45, 7) is 0. The predicted molar refractivity (Wildman–Crippen MR) is 129 cm³/mol. The van der Waals surface area contributed by atoms with Crippen LogP contribution in [0.2, 0.25) is 0 Å². The van der Waals surface area contributed by atoms with Crippen molar-refractivity contribution in [3.8, 4) is 11.3 Å². The van der Waals surface area contributed by atoms with Crippen LogP contribution in [0.4, 0.5) is 5.69 Å². The number of amides is 1. The average molecular weight is 468 g/mol. The van der Waals surface area contributed by atoms with Crippen LogP contribution in [-0.4, -0.2) is 33.2 Å². The summed E-state index contributed by atoms with van der Waals surface area (Å²) in [5.74, 6) is -0.816. The fraction of sp³-hybridized carbons (Fsp3) is 0.0385. The molecule has 4 aromatic rings. The second-order valence-electron chi connectivity index (χ2n) is 7.60. The minimum absolute atomic E-state index is 0.00597. The Labute approximate surface area is 198 Å². The highest BCUT2D eigenvalue weighted by Gasteiger charge is 2.29. The topological polar surface area (TPSA) is 109 Å². The highest BCUT2D eigenvalue weighted by atomic mass is 32.2. The number of ketones is 2. The lowest BCUT2D eigenvalue weighted by Gasteiger charge is -2.18. The molecule has 5 rings (SSSR count). The molecule has 0 spiro atoms. The van der Waals surface area contributed by atoms with Crippen LogP contribution >= 0.6 is 11.8 Å². The molecule has 34 heavy (non-hydrogen) atoms. The molecule has 1 aliphatic rings. The summed E-state index contributed by atoms with van der Waals surface area (Å²) in [4.78, 5) is 57.2. The van der Waals surface area contributed by atoms with Gasteiger partial charge in [0.2, 0.25) is 5.91 Å². The van der Waals surface area contributed by atoms with Gasteiger partial charge in [-0.25, -0.2) is 4.98 Å². The van der Waals surface area contributed by atoms with Gasteiger partial charge in [-0.05, 0) is 18.2 Å². The third-order valence-electron chi connectivity index (χ3n) is 5.34. The lowest BCUT2D eigenvalue weighted by molar-refractivity contribution is -0.113. The number of aromatic nitrogens is 2. The van der Waals surface area contributed by atoms with Crippen LogP contribution in [0.25, 0.3) is 11.3 Å². The van der Waals surface area contributed by atoms with Gasteiger partial charge in [-0.2, -0.15) is 0 Å². The van der Waals surface area contributed by atoms with Gasteiger partial charge in [-0.15, -0.1) is 0 Å². The SMILES string of the molecule is O=C(CSc1nc(-c2ccccc2)cc(=O)[nH]1)Nc1ccc2c(c1)C(=O)c1ccccc1C2=O. The molecule has 2 N–H and O–H groups in total. The van der Waals surface area contributed by atoms with Crippen LogP contribution in [0.3, 0.4) is 0 Å². The number of benzene rings is 3. The van der Waals surface area contributed by atoms with Crippen LogP contribution in [0.5, 0.6) is 0 Å². The van der Waals surface area contributed by atoms with E-state index in [-0.39, 0.29) is 34.3 Å². The molecule has 0 radical (unpaired) electrons. The van der Waals surface area contributed by atoms with E-state index < -0.39 is 0 Å². The van der Waals surface area contributed by atoms with E-state index >= 15 is 0 Å². The van der Waals surface area contributed by atoms with E-state index in [1.54, 1.807) is 36.4 Å². The molecule has 3 aromatic carbocycles. The van der Waals surface area contributed by atoms with E-state index in [2.05, 4.69) is 15.3 Å². The van der Waals surface area contributed by atoms with Crippen molar-refractivity contribution in [2.75, 3.05) is 11.1 Å². The molecule has 0 saturated heterocycles. The van der Waals surface area contributed by atoms with Crippen LogP contribution in [-0.2, 0) is 4.79 Å². The number of carbonyl (C=O) groups is 3. The Morgan fingerprint density at radius 3 is 2.18 bits per heavy atom. The number of fused-ring (bicyclic) bond motifs is 2. The molecule has 0 unspecified atom stereocenters. The van der Waals surface area contributed by atoms with Crippen molar-refractivity contribution in [3.63, 3.8) is 0 Å². The molecule has 1 aliphatic carbocycles. The molecule has 0 bridgehead atoms. The largest absolute Gasteiger partial charge is 0.325 e. The molecule has 0 aliphatic heterocycles. The van der Waals surface area contributed by atoms with Crippen molar-refractivity contribution in [2.45, 2.75) is 5.16 Å². The second-order valence-corrected chi connectivity index (χ2v) is 8.57. The van der Waals surface area contributed by atoms with Crippen molar-refractivity contribution in [1.29, 1.82) is 0 Å². The van der Waals surface area contributed by atoms with Crippen LogP contribution in [0.1, 0.15) is 31.8 Å². The third kappa shape index (κ3) is 4.18. The zero-order chi connectivity index (χ0) is 23.7. The van der Waals surface area contributed by atoms with Gasteiger partial charge in [0.1, 0.15) is 0 Å². The van der Waals surface area contributed by atoms with E-state index in [9.17, 15) is 19.2 Å². The zero-order valence-corrected chi connectivity index (χ0v) is 18.5. The van der Waals surface area contributed by atoms with E-state index in [1.807, 2.05) is 30.3 Å². The quantitative estimate of drug-likeness (QED) is 0.299. The molecule has 8 heteroatoms. The highest BCUT2D eigenvalue weighted by Crippen LogP contribution is 2.29. The number of nitrogens with one attached hydrogen (secondary N) is 2. The van der Waals surface area contributed by atoms with Gasteiger partial charge in [0.05, 0.1) is 11.4 Å². The standard InChI is InChI=1S/C26H17N3O4S/c30-22-13-21(15-6-2-1-3-7-15)28-26(29-22)34-14-23(31)27-16-10-11-19-20(12-16)25(33)18-9-5-4-8-17(18)24(19)32/h1-13H,14H2,(H,27,31)(H,28,29,30). The number of aromatic amines is 1. The zero-order valence-electron chi connectivity index (χ0n) is 17.7. The summed E-state index contributed by atoms with van der Waals surface area (Å²) in [7, 11) is 0. The number of H-pyrrole nitrogens is 1. The van der Waals surface area contributed by atoms with E-state index in [1.165, 1.54) is 12.1 Å². The summed E-state index contributed by atoms with van der Waals surface area (Å²) in [6.07, 6.45) is 0. The number of hydrogen-bond acceptors (Lipinski definition) is 6. The van der Waals surface area contributed by atoms with Crippen molar-refractivity contribution in [1.82, 2.24) is 9.97 Å². The summed E-state index contributed by atoms with van der Waals surface area (Å²) in [6, 6.07) is 22.0. The minimum atomic E-state index is -0.340. The van der Waals surface area contributed by atoms with Gasteiger partial charge in [-0.3, -0.25) is 19.2 Å². The first-order chi connectivity index (χ1) is 16.5. The van der Waals surface area contributed by atoms with Crippen LogP contribution in [0.15, 0.2) is 88.8 Å². The maximum Gasteiger partial charge on any atom is 0.252 e. The number of thioether (sulfide) groups is 1. The van der Waals surface area contributed by atoms with E-state index in [4.69, 9.17) is 0 Å². The van der Waals surface area contributed by atoms with Crippen molar-refractivity contribution < 1.29 is 14.4 Å². The molecule has 0 atom stereocenters. The van der Waals surface area contributed by atoms with Gasteiger partial charge in [0.25, 0.3) is 5.56 Å². The Kier molecular flexibility index (Phi) is 5.65. The van der Waals surface area contributed by atoms with Crippen LogP contribution < -0.4 is 10.9 Å². The molecule has 1 amide bonds. The van der Waals surface area contributed by atoms with Gasteiger partial charge in [0, 0.05) is 39.6 Å². The molecule has 0 saturated carbocycles. The molecule has 7 nitrogen and oxygen atoms in total. The number of nitrogens with zero attached hydrogens (tertiary/aromatic N) is 1. The molecular formula is C26H17N3O4S. The lowest BCUT2D eigenvalue weighted by atomic mass is 9.84. The van der Waals surface area contributed by atoms with Gasteiger partial charge in [-0.1, -0.05) is 66.4 Å². The van der Waals surface area contributed by atoms with Gasteiger partial charge < -0.3 is 10.3 Å². The molecular weight excluding hydrogens is 450 g/mol. The molecule has 166 valence electrons. The smallest absolute Gasteiger partial charge is 0.252 e. The first-order valence-corrected chi connectivity index (χ1v) is 11.4. The highest BCUT2D eigenvalue weighted by molar-refractivity contribution is 7.99. The summed E-state index contributed by atoms with van der Waals surface area (Å²) in [5, 5.41) is 3.06. The Balaban J connectivity index is 1.30. The summed E-state index contributed by atoms with van der Waals surface area (Å²) in [5.41, 5.74) is 2.73. The maximum atomic E-state index is 12.9. The summed E-state index contributed by atoms with van der Waals surface area (Å²) >= 11 is 1.09. The average Bonchev–Trinajstić information content (AvgIpc) is 2.86. The molecule has 1 aromatic heterocycles. The predicted octanol–water partition coefficient (Wildman–Crippen LogP) is 3.94. The second kappa shape index (κ2) is 8.92. The minimum Gasteiger partial charge on any atom is -0.325 e. The Morgan fingerprint density at radius 1 is 0.794 bits per heavy atom. The lowest BCUT2D eigenvalue weighted by Crippen LogP contribution is -2.21. The van der Waals surface area contributed by atoms with Crippen molar-refractivity contribution in [3.05, 3.63) is 111 Å². The van der Waals surface area contributed by atoms with Crippen molar-refractivity contribution in [2.24, 2.45) is 0 Å². The van der Waals surface area contributed by atoms with E-state index in [0.717, 1.165) is 17.3 Å². The first-order valence-electron chi connectivity index (χ1n) is 10.4. The van der Waals surface area contributed by atoms with E-state index in [0.29, 0.717) is 33.2 Å². The number of hydrogen-bond donors (Lipinski definition) is 2. The Morgan fingerprint density at radius 2 is 1.44 bits per heavy atom. The normalized spacial score (nSPS) is 12.1. The monoisotopic (exact) mass is 467 g/mol. The fourth-order valence-electron chi connectivity index (χ4n) is 3.77. The summed E-state index contributed by atoms with van der Waals surface area (Å²) < 4.78 is 0. The number of anilines is 1. The maximum absolute atomic E-state index is 12.9.